The number of nitrogens with zero attached hydrogens (tertiary/aromatic N) is 3. The molecule has 7 heteroatoms. The van der Waals surface area contributed by atoms with Crippen molar-refractivity contribution in [2.45, 2.75) is 39.5 Å². The van der Waals surface area contributed by atoms with E-state index in [-0.39, 0.29) is 6.09 Å². The minimum atomic E-state index is -0.297. The Morgan fingerprint density at radius 3 is 2.08 bits per heavy atom. The number of aromatic nitrogens is 2. The molecule has 1 saturated heterocycles. The number of pyridine rings is 2. The number of rotatable bonds is 9. The van der Waals surface area contributed by atoms with Crippen molar-refractivity contribution in [2.24, 2.45) is 5.92 Å². The van der Waals surface area contributed by atoms with Crippen LogP contribution in [0.15, 0.2) is 85.2 Å². The van der Waals surface area contributed by atoms with Gasteiger partial charge in [0.25, 0.3) is 0 Å². The van der Waals surface area contributed by atoms with Crippen molar-refractivity contribution < 1.29 is 19.0 Å². The highest BCUT2D eigenvalue weighted by molar-refractivity contribution is 5.70. The van der Waals surface area contributed by atoms with Gasteiger partial charge in [-0.25, -0.2) is 9.78 Å². The second-order valence-electron chi connectivity index (χ2n) is 10.3. The Bertz CT molecular complexity index is 1360. The standard InChI is InChI=1S/C33H35N3O4/c1-24-3-8-28(34-21-24)9-5-26-6-10-31(11-7-26)40-33(37)36-19-17-27(18-20-36)23-38-29-12-14-30(15-13-29)39-32-16-4-25(2)22-35-32/h3-4,6-8,10-16,21-22,27H,5,9,17-20,23H2,1-2H3. The summed E-state index contributed by atoms with van der Waals surface area (Å²) in [5.74, 6) is 3.03. The first kappa shape index (κ1) is 27.2. The van der Waals surface area contributed by atoms with Crippen LogP contribution in [0.2, 0.25) is 0 Å². The highest BCUT2D eigenvalue weighted by atomic mass is 16.6. The number of carbonyl (C=O) groups excluding carboxylic acids is 1. The fourth-order valence-electron chi connectivity index (χ4n) is 4.54. The van der Waals surface area contributed by atoms with E-state index in [0.29, 0.717) is 43.0 Å². The van der Waals surface area contributed by atoms with Gasteiger partial charge in [0.15, 0.2) is 0 Å². The Hall–Kier alpha value is -4.39. The van der Waals surface area contributed by atoms with Gasteiger partial charge in [0.2, 0.25) is 5.88 Å². The zero-order valence-electron chi connectivity index (χ0n) is 23.1. The molecule has 2 aromatic heterocycles. The third kappa shape index (κ3) is 7.82. The van der Waals surface area contributed by atoms with Crippen molar-refractivity contribution in [3.8, 4) is 23.1 Å². The molecule has 4 aromatic rings. The molecule has 0 spiro atoms. The number of aryl methyl sites for hydroxylation is 4. The fourth-order valence-corrected chi connectivity index (χ4v) is 4.54. The maximum absolute atomic E-state index is 12.7. The number of piperidine rings is 1. The Balaban J connectivity index is 1.01. The van der Waals surface area contributed by atoms with Gasteiger partial charge in [-0.3, -0.25) is 4.98 Å². The summed E-state index contributed by atoms with van der Waals surface area (Å²) in [4.78, 5) is 23.2. The zero-order chi connectivity index (χ0) is 27.7. The number of hydrogen-bond donors (Lipinski definition) is 0. The molecular formula is C33H35N3O4. The largest absolute Gasteiger partial charge is 0.493 e. The summed E-state index contributed by atoms with van der Waals surface area (Å²) in [5, 5.41) is 0. The molecule has 5 rings (SSSR count). The lowest BCUT2D eigenvalue weighted by Crippen LogP contribution is -2.41. The Kier molecular flexibility index (Phi) is 8.91. The summed E-state index contributed by atoms with van der Waals surface area (Å²) < 4.78 is 17.4. The van der Waals surface area contributed by atoms with Gasteiger partial charge in [-0.1, -0.05) is 24.3 Å². The van der Waals surface area contributed by atoms with Crippen LogP contribution in [0, 0.1) is 19.8 Å². The molecule has 0 aliphatic carbocycles. The SMILES string of the molecule is Cc1ccc(CCc2ccc(OC(=O)N3CCC(COc4ccc(Oc5ccc(C)cn5)cc4)CC3)cc2)nc1. The number of ether oxygens (including phenoxy) is 3. The van der Waals surface area contributed by atoms with Crippen LogP contribution in [-0.4, -0.2) is 40.7 Å². The van der Waals surface area contributed by atoms with E-state index in [9.17, 15) is 4.79 Å². The predicted octanol–water partition coefficient (Wildman–Crippen LogP) is 6.96. The lowest BCUT2D eigenvalue weighted by Gasteiger charge is -2.31. The molecule has 1 fully saturated rings. The molecule has 0 atom stereocenters. The van der Waals surface area contributed by atoms with E-state index in [0.717, 1.165) is 48.3 Å². The number of benzene rings is 2. The van der Waals surface area contributed by atoms with Crippen molar-refractivity contribution in [1.82, 2.24) is 14.9 Å². The zero-order valence-corrected chi connectivity index (χ0v) is 23.1. The second-order valence-corrected chi connectivity index (χ2v) is 10.3. The summed E-state index contributed by atoms with van der Waals surface area (Å²) >= 11 is 0. The highest BCUT2D eigenvalue weighted by Gasteiger charge is 2.24. The summed E-state index contributed by atoms with van der Waals surface area (Å²) in [6, 6.07) is 23.3. The van der Waals surface area contributed by atoms with E-state index >= 15 is 0 Å². The average molecular weight is 538 g/mol. The predicted molar refractivity (Wildman–Crippen MR) is 154 cm³/mol. The molecule has 0 bridgehead atoms. The number of hydrogen-bond acceptors (Lipinski definition) is 6. The molecule has 0 unspecified atom stereocenters. The van der Waals surface area contributed by atoms with E-state index < -0.39 is 0 Å². The maximum atomic E-state index is 12.7. The molecule has 0 saturated carbocycles. The molecule has 2 aromatic carbocycles. The molecule has 206 valence electrons. The van der Waals surface area contributed by atoms with Gasteiger partial charge in [0.05, 0.1) is 6.61 Å². The van der Waals surface area contributed by atoms with Crippen LogP contribution in [0.25, 0.3) is 0 Å². The van der Waals surface area contributed by atoms with Crippen molar-refractivity contribution in [1.29, 1.82) is 0 Å². The summed E-state index contributed by atoms with van der Waals surface area (Å²) in [7, 11) is 0. The van der Waals surface area contributed by atoms with Crippen LogP contribution >= 0.6 is 0 Å². The fraction of sp³-hybridized carbons (Fsp3) is 0.303. The Morgan fingerprint density at radius 2 is 1.43 bits per heavy atom. The quantitative estimate of drug-likeness (QED) is 0.230. The summed E-state index contributed by atoms with van der Waals surface area (Å²) in [5.41, 5.74) is 4.52. The van der Waals surface area contributed by atoms with E-state index in [1.165, 1.54) is 5.56 Å². The molecule has 1 aliphatic rings. The van der Waals surface area contributed by atoms with Gasteiger partial charge in [-0.2, -0.15) is 0 Å². The maximum Gasteiger partial charge on any atom is 0.415 e. The van der Waals surface area contributed by atoms with Crippen LogP contribution in [0.4, 0.5) is 4.79 Å². The van der Waals surface area contributed by atoms with Crippen molar-refractivity contribution in [3.05, 3.63) is 108 Å². The number of amides is 1. The molecule has 0 N–H and O–H groups in total. The molecule has 0 radical (unpaired) electrons. The topological polar surface area (TPSA) is 73.8 Å². The summed E-state index contributed by atoms with van der Waals surface area (Å²) in [6.07, 6.45) is 6.90. The number of carbonyl (C=O) groups is 1. The van der Waals surface area contributed by atoms with Crippen molar-refractivity contribution >= 4 is 6.09 Å². The van der Waals surface area contributed by atoms with E-state index in [1.54, 1.807) is 11.1 Å². The van der Waals surface area contributed by atoms with Gasteiger partial charge in [-0.15, -0.1) is 0 Å². The monoisotopic (exact) mass is 537 g/mol. The number of likely N-dealkylation sites (tertiary alicyclic amines) is 1. The first-order chi connectivity index (χ1) is 19.5. The molecule has 40 heavy (non-hydrogen) atoms. The van der Waals surface area contributed by atoms with Crippen molar-refractivity contribution in [3.63, 3.8) is 0 Å². The minimum Gasteiger partial charge on any atom is -0.493 e. The van der Waals surface area contributed by atoms with Gasteiger partial charge >= 0.3 is 6.09 Å². The van der Waals surface area contributed by atoms with Crippen LogP contribution in [0.3, 0.4) is 0 Å². The molecular weight excluding hydrogens is 502 g/mol. The van der Waals surface area contributed by atoms with Gasteiger partial charge in [-0.05, 0) is 105 Å². The highest BCUT2D eigenvalue weighted by Crippen LogP contribution is 2.25. The smallest absolute Gasteiger partial charge is 0.415 e. The van der Waals surface area contributed by atoms with Crippen LogP contribution in [0.1, 0.15) is 35.2 Å². The third-order valence-corrected chi connectivity index (χ3v) is 7.06. The summed E-state index contributed by atoms with van der Waals surface area (Å²) in [6.45, 7) is 5.96. The van der Waals surface area contributed by atoms with Gasteiger partial charge in [0.1, 0.15) is 17.2 Å². The first-order valence-corrected chi connectivity index (χ1v) is 13.8. The van der Waals surface area contributed by atoms with Crippen LogP contribution in [0.5, 0.6) is 23.1 Å². The van der Waals surface area contributed by atoms with E-state index in [4.69, 9.17) is 14.2 Å². The first-order valence-electron chi connectivity index (χ1n) is 13.8. The normalized spacial score (nSPS) is 13.6. The van der Waals surface area contributed by atoms with Crippen LogP contribution in [-0.2, 0) is 12.8 Å². The lowest BCUT2D eigenvalue weighted by molar-refractivity contribution is 0.117. The lowest BCUT2D eigenvalue weighted by atomic mass is 9.98. The Morgan fingerprint density at radius 1 is 0.775 bits per heavy atom. The average Bonchev–Trinajstić information content (AvgIpc) is 2.99. The molecule has 7 nitrogen and oxygen atoms in total. The Labute approximate surface area is 235 Å². The van der Waals surface area contributed by atoms with Crippen molar-refractivity contribution in [2.75, 3.05) is 19.7 Å². The van der Waals surface area contributed by atoms with Gasteiger partial charge < -0.3 is 19.1 Å². The van der Waals surface area contributed by atoms with Gasteiger partial charge in [0, 0.05) is 37.2 Å². The minimum absolute atomic E-state index is 0.297. The molecule has 3 heterocycles. The second kappa shape index (κ2) is 13.1. The third-order valence-electron chi connectivity index (χ3n) is 7.06. The molecule has 1 aliphatic heterocycles. The van der Waals surface area contributed by atoms with Crippen LogP contribution < -0.4 is 14.2 Å². The van der Waals surface area contributed by atoms with E-state index in [1.807, 2.05) is 80.7 Å². The molecule has 1 amide bonds. The van der Waals surface area contributed by atoms with E-state index in [2.05, 4.69) is 22.1 Å².